The van der Waals surface area contributed by atoms with Crippen LogP contribution in [-0.2, 0) is 6.54 Å². The number of hydrogen-bond acceptors (Lipinski definition) is 4. The third-order valence-electron chi connectivity index (χ3n) is 4.34. The summed E-state index contributed by atoms with van der Waals surface area (Å²) in [4.78, 5) is 10.9. The molecule has 0 bridgehead atoms. The topological polar surface area (TPSA) is 19.4 Å². The summed E-state index contributed by atoms with van der Waals surface area (Å²) in [5, 5.41) is 4.92. The van der Waals surface area contributed by atoms with Crippen LogP contribution < -0.4 is 4.90 Å². The summed E-state index contributed by atoms with van der Waals surface area (Å²) in [5.74, 6) is 0.990. The SMILES string of the molecule is Clc1nc(N2CCN(Cc3cccs3)CC2)cc2ccccc12. The Morgan fingerprint density at radius 2 is 1.87 bits per heavy atom. The molecule has 2 aromatic heterocycles. The minimum absolute atomic E-state index is 0.596. The van der Waals surface area contributed by atoms with Crippen LogP contribution in [0, 0.1) is 0 Å². The number of hydrogen-bond donors (Lipinski definition) is 0. The summed E-state index contributed by atoms with van der Waals surface area (Å²) in [7, 11) is 0. The first kappa shape index (κ1) is 14.9. The molecule has 0 atom stereocenters. The lowest BCUT2D eigenvalue weighted by Gasteiger charge is -2.35. The second-order valence-electron chi connectivity index (χ2n) is 5.83. The van der Waals surface area contributed by atoms with E-state index < -0.39 is 0 Å². The maximum atomic E-state index is 6.36. The van der Waals surface area contributed by atoms with E-state index in [1.807, 2.05) is 29.5 Å². The first-order valence-electron chi connectivity index (χ1n) is 7.84. The molecule has 0 aliphatic carbocycles. The molecule has 0 radical (unpaired) electrons. The van der Waals surface area contributed by atoms with E-state index in [-0.39, 0.29) is 0 Å². The number of thiophene rings is 1. The molecule has 0 N–H and O–H groups in total. The Bertz CT molecular complexity index is 795. The van der Waals surface area contributed by atoms with Crippen molar-refractivity contribution < 1.29 is 0 Å². The fraction of sp³-hybridized carbons (Fsp3) is 0.278. The van der Waals surface area contributed by atoms with Gasteiger partial charge in [0.05, 0.1) is 0 Å². The lowest BCUT2D eigenvalue weighted by Crippen LogP contribution is -2.46. The van der Waals surface area contributed by atoms with Gasteiger partial charge in [0.2, 0.25) is 0 Å². The molecule has 3 nitrogen and oxygen atoms in total. The Morgan fingerprint density at radius 3 is 2.65 bits per heavy atom. The normalized spacial score (nSPS) is 16.1. The van der Waals surface area contributed by atoms with Gasteiger partial charge in [0.15, 0.2) is 0 Å². The van der Waals surface area contributed by atoms with Crippen LogP contribution in [0.3, 0.4) is 0 Å². The van der Waals surface area contributed by atoms with Gasteiger partial charge >= 0.3 is 0 Å². The Hall–Kier alpha value is -1.62. The van der Waals surface area contributed by atoms with Gasteiger partial charge in [-0.3, -0.25) is 4.90 Å². The lowest BCUT2D eigenvalue weighted by atomic mass is 10.1. The van der Waals surface area contributed by atoms with E-state index in [4.69, 9.17) is 11.6 Å². The van der Waals surface area contributed by atoms with E-state index in [2.05, 4.69) is 44.4 Å². The molecule has 1 saturated heterocycles. The molecule has 0 spiro atoms. The van der Waals surface area contributed by atoms with Gasteiger partial charge < -0.3 is 4.90 Å². The molecule has 118 valence electrons. The molecule has 1 fully saturated rings. The lowest BCUT2D eigenvalue weighted by molar-refractivity contribution is 0.251. The van der Waals surface area contributed by atoms with Gasteiger partial charge in [-0.15, -0.1) is 11.3 Å². The number of aromatic nitrogens is 1. The van der Waals surface area contributed by atoms with Crippen LogP contribution in [0.4, 0.5) is 5.82 Å². The van der Waals surface area contributed by atoms with E-state index >= 15 is 0 Å². The van der Waals surface area contributed by atoms with Gasteiger partial charge in [0, 0.05) is 43.0 Å². The molecule has 23 heavy (non-hydrogen) atoms. The average molecular weight is 344 g/mol. The maximum Gasteiger partial charge on any atom is 0.139 e. The van der Waals surface area contributed by atoms with Crippen LogP contribution in [0.25, 0.3) is 10.8 Å². The summed E-state index contributed by atoms with van der Waals surface area (Å²) in [6.07, 6.45) is 0. The molecule has 0 amide bonds. The van der Waals surface area contributed by atoms with Gasteiger partial charge in [-0.2, -0.15) is 0 Å². The number of piperazine rings is 1. The van der Waals surface area contributed by atoms with Crippen molar-refractivity contribution in [2.24, 2.45) is 0 Å². The molecule has 0 saturated carbocycles. The van der Waals surface area contributed by atoms with Crippen molar-refractivity contribution in [3.8, 4) is 0 Å². The quantitative estimate of drug-likeness (QED) is 0.662. The average Bonchev–Trinajstić information content (AvgIpc) is 3.08. The van der Waals surface area contributed by atoms with Crippen LogP contribution >= 0.6 is 22.9 Å². The van der Waals surface area contributed by atoms with E-state index in [1.165, 1.54) is 4.88 Å². The Labute approximate surface area is 145 Å². The monoisotopic (exact) mass is 343 g/mol. The van der Waals surface area contributed by atoms with Crippen LogP contribution in [0.5, 0.6) is 0 Å². The van der Waals surface area contributed by atoms with Crippen LogP contribution in [0.15, 0.2) is 47.8 Å². The number of fused-ring (bicyclic) bond motifs is 1. The molecule has 4 rings (SSSR count). The van der Waals surface area contributed by atoms with E-state index in [1.54, 1.807) is 0 Å². The van der Waals surface area contributed by atoms with Crippen molar-refractivity contribution in [1.29, 1.82) is 0 Å². The summed E-state index contributed by atoms with van der Waals surface area (Å²) in [6, 6.07) is 14.6. The summed E-state index contributed by atoms with van der Waals surface area (Å²) >= 11 is 8.19. The first-order chi connectivity index (χ1) is 11.3. The van der Waals surface area contributed by atoms with Crippen molar-refractivity contribution in [3.63, 3.8) is 0 Å². The zero-order valence-electron chi connectivity index (χ0n) is 12.8. The number of pyridine rings is 1. The summed E-state index contributed by atoms with van der Waals surface area (Å²) in [6.45, 7) is 5.16. The van der Waals surface area contributed by atoms with Gasteiger partial charge in [-0.1, -0.05) is 41.9 Å². The standard InChI is InChI=1S/C18H18ClN3S/c19-18-16-6-2-1-4-14(16)12-17(20-18)22-9-7-21(8-10-22)13-15-5-3-11-23-15/h1-6,11-12H,7-10,13H2. The summed E-state index contributed by atoms with van der Waals surface area (Å²) in [5.41, 5.74) is 0. The highest BCUT2D eigenvalue weighted by molar-refractivity contribution is 7.09. The largest absolute Gasteiger partial charge is 0.354 e. The van der Waals surface area contributed by atoms with E-state index in [0.29, 0.717) is 5.15 Å². The van der Waals surface area contributed by atoms with Gasteiger partial charge in [-0.05, 0) is 22.9 Å². The molecule has 3 aromatic rings. The zero-order valence-corrected chi connectivity index (χ0v) is 14.4. The van der Waals surface area contributed by atoms with E-state index in [9.17, 15) is 0 Å². The van der Waals surface area contributed by atoms with Crippen molar-refractivity contribution in [2.75, 3.05) is 31.1 Å². The van der Waals surface area contributed by atoms with Gasteiger partial charge in [0.25, 0.3) is 0 Å². The predicted octanol–water partition coefficient (Wildman–Crippen LogP) is 4.27. The number of nitrogens with zero attached hydrogens (tertiary/aromatic N) is 3. The highest BCUT2D eigenvalue weighted by atomic mass is 35.5. The fourth-order valence-corrected chi connectivity index (χ4v) is 4.07. The fourth-order valence-electron chi connectivity index (χ4n) is 3.06. The highest BCUT2D eigenvalue weighted by Gasteiger charge is 2.19. The second kappa shape index (κ2) is 6.48. The Morgan fingerprint density at radius 1 is 1.04 bits per heavy atom. The molecule has 0 unspecified atom stereocenters. The molecule has 1 aromatic carbocycles. The smallest absolute Gasteiger partial charge is 0.139 e. The van der Waals surface area contributed by atoms with Crippen LogP contribution in [0.2, 0.25) is 5.15 Å². The number of halogens is 1. The second-order valence-corrected chi connectivity index (χ2v) is 7.23. The Balaban J connectivity index is 1.48. The van der Waals surface area contributed by atoms with Gasteiger partial charge in [-0.25, -0.2) is 4.98 Å². The summed E-state index contributed by atoms with van der Waals surface area (Å²) < 4.78 is 0. The number of anilines is 1. The van der Waals surface area contributed by atoms with Crippen molar-refractivity contribution in [2.45, 2.75) is 6.54 Å². The predicted molar refractivity (Wildman–Crippen MR) is 98.6 cm³/mol. The van der Waals surface area contributed by atoms with Crippen LogP contribution in [0.1, 0.15) is 4.88 Å². The molecule has 5 heteroatoms. The molecule has 1 aliphatic heterocycles. The van der Waals surface area contributed by atoms with Crippen LogP contribution in [-0.4, -0.2) is 36.1 Å². The third kappa shape index (κ3) is 3.20. The number of rotatable bonds is 3. The maximum absolute atomic E-state index is 6.36. The Kier molecular flexibility index (Phi) is 4.21. The number of benzene rings is 1. The molecular formula is C18H18ClN3S. The van der Waals surface area contributed by atoms with E-state index in [0.717, 1.165) is 49.3 Å². The van der Waals surface area contributed by atoms with Crippen molar-refractivity contribution in [1.82, 2.24) is 9.88 Å². The zero-order chi connectivity index (χ0) is 15.6. The highest BCUT2D eigenvalue weighted by Crippen LogP contribution is 2.27. The first-order valence-corrected chi connectivity index (χ1v) is 9.10. The molecule has 1 aliphatic rings. The minimum atomic E-state index is 0.596. The van der Waals surface area contributed by atoms with Gasteiger partial charge in [0.1, 0.15) is 11.0 Å². The third-order valence-corrected chi connectivity index (χ3v) is 5.49. The van der Waals surface area contributed by atoms with Crippen molar-refractivity contribution in [3.05, 3.63) is 57.9 Å². The minimum Gasteiger partial charge on any atom is -0.354 e. The molecular weight excluding hydrogens is 326 g/mol. The molecule has 3 heterocycles. The van der Waals surface area contributed by atoms with Crippen molar-refractivity contribution >= 4 is 39.5 Å².